The van der Waals surface area contributed by atoms with Gasteiger partial charge in [0, 0.05) is 0 Å². The molecule has 2 rings (SSSR count). The summed E-state index contributed by atoms with van der Waals surface area (Å²) in [6.45, 7) is 0. The summed E-state index contributed by atoms with van der Waals surface area (Å²) in [6, 6.07) is 5.81. The average molecular weight is 318 g/mol. The summed E-state index contributed by atoms with van der Waals surface area (Å²) >= 11 is 3.90. The second-order valence-electron chi connectivity index (χ2n) is 2.77. The lowest BCUT2D eigenvalue weighted by Gasteiger charge is -2.03. The minimum Gasteiger partial charge on any atom is -0.494 e. The third-order valence-corrected chi connectivity index (χ3v) is 3.88. The van der Waals surface area contributed by atoms with Crippen molar-refractivity contribution in [1.82, 2.24) is 0 Å². The monoisotopic (exact) mass is 318 g/mol. The van der Waals surface area contributed by atoms with E-state index in [0.717, 1.165) is 16.4 Å². The van der Waals surface area contributed by atoms with Gasteiger partial charge in [-0.25, -0.2) is 0 Å². The van der Waals surface area contributed by atoms with Crippen LogP contribution in [0.5, 0.6) is 5.75 Å². The quantitative estimate of drug-likeness (QED) is 0.627. The van der Waals surface area contributed by atoms with Gasteiger partial charge in [0.2, 0.25) is 0 Å². The van der Waals surface area contributed by atoms with Crippen molar-refractivity contribution in [3.05, 3.63) is 26.6 Å². The number of ether oxygens (including phenoxy) is 1. The first-order valence-corrected chi connectivity index (χ1v) is 5.87. The van der Waals surface area contributed by atoms with Crippen LogP contribution in [0.2, 0.25) is 0 Å². The van der Waals surface area contributed by atoms with Gasteiger partial charge in [0.05, 0.1) is 20.3 Å². The molecule has 0 radical (unpaired) electrons. The SMILES string of the molecule is COc1c(C=O)ccc2cc(I)sc12. The Kier molecular flexibility index (Phi) is 2.73. The van der Waals surface area contributed by atoms with Gasteiger partial charge in [-0.3, -0.25) is 4.79 Å². The van der Waals surface area contributed by atoms with E-state index in [-0.39, 0.29) is 0 Å². The Hall–Kier alpha value is -0.620. The van der Waals surface area contributed by atoms with Crippen LogP contribution in [0.4, 0.5) is 0 Å². The molecule has 0 aliphatic carbocycles. The van der Waals surface area contributed by atoms with Crippen molar-refractivity contribution >= 4 is 50.3 Å². The van der Waals surface area contributed by atoms with Gasteiger partial charge in [-0.1, -0.05) is 6.07 Å². The molecule has 2 nitrogen and oxygen atoms in total. The lowest BCUT2D eigenvalue weighted by Crippen LogP contribution is -1.89. The Morgan fingerprint density at radius 2 is 2.29 bits per heavy atom. The first-order chi connectivity index (χ1) is 6.76. The molecule has 4 heteroatoms. The third-order valence-electron chi connectivity index (χ3n) is 1.97. The maximum atomic E-state index is 10.8. The number of carbonyl (C=O) groups is 1. The predicted molar refractivity (Wildman–Crippen MR) is 66.5 cm³/mol. The summed E-state index contributed by atoms with van der Waals surface area (Å²) < 4.78 is 7.48. The van der Waals surface area contributed by atoms with Crippen molar-refractivity contribution in [1.29, 1.82) is 0 Å². The Morgan fingerprint density at radius 1 is 1.50 bits per heavy atom. The number of hydrogen-bond acceptors (Lipinski definition) is 3. The molecule has 0 atom stereocenters. The maximum absolute atomic E-state index is 10.8. The van der Waals surface area contributed by atoms with Gasteiger partial charge in [0.15, 0.2) is 6.29 Å². The second-order valence-corrected chi connectivity index (χ2v) is 5.72. The fourth-order valence-electron chi connectivity index (χ4n) is 1.36. The number of benzene rings is 1. The first-order valence-electron chi connectivity index (χ1n) is 3.97. The molecule has 0 aliphatic heterocycles. The summed E-state index contributed by atoms with van der Waals surface area (Å²) in [6.07, 6.45) is 0.824. The van der Waals surface area contributed by atoms with Gasteiger partial charge in [0.1, 0.15) is 5.75 Å². The largest absolute Gasteiger partial charge is 0.494 e. The molecule has 1 aromatic heterocycles. The molecule has 0 bridgehead atoms. The van der Waals surface area contributed by atoms with Crippen molar-refractivity contribution in [3.63, 3.8) is 0 Å². The van der Waals surface area contributed by atoms with Crippen LogP contribution in [0.15, 0.2) is 18.2 Å². The second kappa shape index (κ2) is 3.86. The zero-order valence-corrected chi connectivity index (χ0v) is 10.4. The summed E-state index contributed by atoms with van der Waals surface area (Å²) in [5.41, 5.74) is 0.609. The number of fused-ring (bicyclic) bond motifs is 1. The molecule has 0 fully saturated rings. The average Bonchev–Trinajstić information content (AvgIpc) is 2.56. The van der Waals surface area contributed by atoms with E-state index in [1.165, 1.54) is 2.88 Å². The molecule has 1 aromatic carbocycles. The van der Waals surface area contributed by atoms with Crippen molar-refractivity contribution in [3.8, 4) is 5.75 Å². The number of halogens is 1. The van der Waals surface area contributed by atoms with E-state index in [9.17, 15) is 4.79 Å². The van der Waals surface area contributed by atoms with E-state index in [1.807, 2.05) is 6.07 Å². The zero-order valence-electron chi connectivity index (χ0n) is 7.41. The minimum atomic E-state index is 0.609. The summed E-state index contributed by atoms with van der Waals surface area (Å²) in [5.74, 6) is 0.686. The van der Waals surface area contributed by atoms with Crippen LogP contribution >= 0.6 is 33.9 Å². The van der Waals surface area contributed by atoms with E-state index in [0.29, 0.717) is 11.3 Å². The van der Waals surface area contributed by atoms with E-state index < -0.39 is 0 Å². The molecule has 14 heavy (non-hydrogen) atoms. The topological polar surface area (TPSA) is 26.3 Å². The highest BCUT2D eigenvalue weighted by Gasteiger charge is 2.09. The maximum Gasteiger partial charge on any atom is 0.153 e. The Labute approximate surface area is 99.0 Å². The summed E-state index contributed by atoms with van der Waals surface area (Å²) in [4.78, 5) is 10.8. The van der Waals surface area contributed by atoms with E-state index in [1.54, 1.807) is 24.5 Å². The summed E-state index contributed by atoms with van der Waals surface area (Å²) in [7, 11) is 1.59. The highest BCUT2D eigenvalue weighted by molar-refractivity contribution is 14.1. The van der Waals surface area contributed by atoms with Crippen LogP contribution in [-0.2, 0) is 0 Å². The van der Waals surface area contributed by atoms with Crippen LogP contribution in [0, 0.1) is 2.88 Å². The van der Waals surface area contributed by atoms with Gasteiger partial charge in [0.25, 0.3) is 0 Å². The number of thiophene rings is 1. The van der Waals surface area contributed by atoms with Crippen molar-refractivity contribution in [2.75, 3.05) is 7.11 Å². The van der Waals surface area contributed by atoms with E-state index >= 15 is 0 Å². The Bertz CT molecular complexity index is 490. The van der Waals surface area contributed by atoms with Crippen LogP contribution in [0.3, 0.4) is 0 Å². The lowest BCUT2D eigenvalue weighted by molar-refractivity contribution is 0.112. The van der Waals surface area contributed by atoms with Crippen LogP contribution in [0.1, 0.15) is 10.4 Å². The number of carbonyl (C=O) groups excluding carboxylic acids is 1. The number of rotatable bonds is 2. The zero-order chi connectivity index (χ0) is 10.1. The molecule has 0 saturated carbocycles. The number of hydrogen-bond donors (Lipinski definition) is 0. The Balaban J connectivity index is 2.82. The first kappa shape index (κ1) is 9.92. The highest BCUT2D eigenvalue weighted by Crippen LogP contribution is 2.36. The molecule has 1 heterocycles. The molecule has 0 unspecified atom stereocenters. The van der Waals surface area contributed by atoms with Crippen LogP contribution in [-0.4, -0.2) is 13.4 Å². The van der Waals surface area contributed by atoms with E-state index in [4.69, 9.17) is 4.74 Å². The smallest absolute Gasteiger partial charge is 0.153 e. The molecule has 0 saturated heterocycles. The molecular weight excluding hydrogens is 311 g/mol. The number of methoxy groups -OCH3 is 1. The molecule has 0 aliphatic rings. The van der Waals surface area contributed by atoms with Crippen LogP contribution in [0.25, 0.3) is 10.1 Å². The van der Waals surface area contributed by atoms with Gasteiger partial charge in [-0.15, -0.1) is 11.3 Å². The standard InChI is InChI=1S/C10H7IO2S/c1-13-9-7(5-12)3-2-6-4-8(11)14-10(6)9/h2-5H,1H3. The molecule has 0 amide bonds. The predicted octanol–water partition coefficient (Wildman–Crippen LogP) is 3.33. The molecule has 2 aromatic rings. The van der Waals surface area contributed by atoms with Gasteiger partial charge in [-0.2, -0.15) is 0 Å². The van der Waals surface area contributed by atoms with Gasteiger partial charge >= 0.3 is 0 Å². The molecule has 0 spiro atoms. The third kappa shape index (κ3) is 1.52. The summed E-state index contributed by atoms with van der Waals surface area (Å²) in [5, 5.41) is 1.13. The molecule has 72 valence electrons. The van der Waals surface area contributed by atoms with Crippen molar-refractivity contribution in [2.24, 2.45) is 0 Å². The van der Waals surface area contributed by atoms with Gasteiger partial charge in [-0.05, 0) is 40.1 Å². The minimum absolute atomic E-state index is 0.609. The van der Waals surface area contributed by atoms with Gasteiger partial charge < -0.3 is 4.74 Å². The fourth-order valence-corrected chi connectivity index (χ4v) is 3.28. The Morgan fingerprint density at radius 3 is 2.93 bits per heavy atom. The van der Waals surface area contributed by atoms with E-state index in [2.05, 4.69) is 28.7 Å². The normalized spacial score (nSPS) is 10.4. The molecule has 0 N–H and O–H groups in total. The van der Waals surface area contributed by atoms with Crippen LogP contribution < -0.4 is 4.74 Å². The van der Waals surface area contributed by atoms with Crippen molar-refractivity contribution in [2.45, 2.75) is 0 Å². The lowest BCUT2D eigenvalue weighted by atomic mass is 10.2. The number of aldehydes is 1. The highest BCUT2D eigenvalue weighted by atomic mass is 127. The molecular formula is C10H7IO2S. The fraction of sp³-hybridized carbons (Fsp3) is 0.100. The van der Waals surface area contributed by atoms with Crippen molar-refractivity contribution < 1.29 is 9.53 Å².